The number of hydrogen-bond acceptors (Lipinski definition) is 2. The van der Waals surface area contributed by atoms with Gasteiger partial charge in [-0.3, -0.25) is 4.79 Å². The van der Waals surface area contributed by atoms with Crippen molar-refractivity contribution in [1.29, 1.82) is 0 Å². The molecule has 0 fully saturated rings. The molecule has 92 valence electrons. The Morgan fingerprint density at radius 2 is 1.40 bits per heavy atom. The molecule has 0 N–H and O–H groups in total. The standard InChI is InChI=1S/C17H10O2.Na.H/c18-10-19-15-9-7-13-5-4-11-2-1-3-12-6-8-14(15)17(13)16(11)12;;/h1-10H;;/q;+1;-1. The molecule has 4 aromatic rings. The molecule has 0 spiro atoms. The summed E-state index contributed by atoms with van der Waals surface area (Å²) in [5.41, 5.74) is 0. The quantitative estimate of drug-likeness (QED) is 0.311. The molecular formula is C17H11NaO2. The minimum atomic E-state index is 0. The number of benzene rings is 4. The molecule has 0 saturated heterocycles. The van der Waals surface area contributed by atoms with Crippen LogP contribution in [0.15, 0.2) is 54.6 Å². The maximum absolute atomic E-state index is 10.6. The summed E-state index contributed by atoms with van der Waals surface area (Å²) in [5.74, 6) is 0.612. The topological polar surface area (TPSA) is 26.3 Å². The van der Waals surface area contributed by atoms with Gasteiger partial charge in [0.15, 0.2) is 0 Å². The molecule has 0 aliphatic carbocycles. The number of carbonyl (C=O) groups is 1. The molecule has 4 aromatic carbocycles. The fourth-order valence-electron chi connectivity index (χ4n) is 2.86. The van der Waals surface area contributed by atoms with E-state index >= 15 is 0 Å². The van der Waals surface area contributed by atoms with Crippen molar-refractivity contribution in [2.24, 2.45) is 0 Å². The third-order valence-corrected chi connectivity index (χ3v) is 3.66. The zero-order valence-electron chi connectivity index (χ0n) is 12.1. The van der Waals surface area contributed by atoms with Crippen LogP contribution in [-0.2, 0) is 4.79 Å². The van der Waals surface area contributed by atoms with Gasteiger partial charge < -0.3 is 6.16 Å². The molecule has 0 aliphatic rings. The minimum Gasteiger partial charge on any atom is -1.00 e. The van der Waals surface area contributed by atoms with E-state index in [9.17, 15) is 4.79 Å². The average molecular weight is 270 g/mol. The van der Waals surface area contributed by atoms with Crippen LogP contribution in [0.4, 0.5) is 0 Å². The largest absolute Gasteiger partial charge is 1.00 e. The first-order valence-electron chi connectivity index (χ1n) is 6.15. The van der Waals surface area contributed by atoms with Gasteiger partial charge in [0.2, 0.25) is 0 Å². The van der Waals surface area contributed by atoms with Crippen LogP contribution in [0.3, 0.4) is 0 Å². The second-order valence-electron chi connectivity index (χ2n) is 4.63. The first kappa shape index (κ1) is 13.4. The SMILES string of the molecule is O=COc1ccc2ccc3cccc4ccc1c2c34.[H-].[Na+]. The van der Waals surface area contributed by atoms with Crippen LogP contribution >= 0.6 is 0 Å². The summed E-state index contributed by atoms with van der Waals surface area (Å²) in [6.45, 7) is 0.478. The van der Waals surface area contributed by atoms with E-state index in [1.165, 1.54) is 16.2 Å². The van der Waals surface area contributed by atoms with E-state index in [1.807, 2.05) is 18.2 Å². The second kappa shape index (κ2) is 5.06. The third-order valence-electron chi connectivity index (χ3n) is 3.66. The van der Waals surface area contributed by atoms with E-state index in [-0.39, 0.29) is 31.0 Å². The van der Waals surface area contributed by atoms with E-state index in [0.717, 1.165) is 16.2 Å². The van der Waals surface area contributed by atoms with Gasteiger partial charge >= 0.3 is 29.6 Å². The Bertz CT molecular complexity index is 905. The molecule has 0 bridgehead atoms. The summed E-state index contributed by atoms with van der Waals surface area (Å²) in [4.78, 5) is 10.6. The second-order valence-corrected chi connectivity index (χ2v) is 4.63. The maximum atomic E-state index is 10.6. The van der Waals surface area contributed by atoms with Gasteiger partial charge in [-0.25, -0.2) is 0 Å². The Balaban J connectivity index is 0.000000807. The van der Waals surface area contributed by atoms with Crippen molar-refractivity contribution in [2.75, 3.05) is 0 Å². The van der Waals surface area contributed by atoms with E-state index in [4.69, 9.17) is 4.74 Å². The molecule has 0 unspecified atom stereocenters. The van der Waals surface area contributed by atoms with Crippen molar-refractivity contribution in [2.45, 2.75) is 0 Å². The molecule has 0 aliphatic heterocycles. The van der Waals surface area contributed by atoms with Gasteiger partial charge in [-0.05, 0) is 33.7 Å². The van der Waals surface area contributed by atoms with Crippen molar-refractivity contribution in [3.05, 3.63) is 54.6 Å². The van der Waals surface area contributed by atoms with Crippen LogP contribution in [0, 0.1) is 0 Å². The Morgan fingerprint density at radius 1 is 0.800 bits per heavy atom. The Kier molecular flexibility index (Phi) is 3.38. The third kappa shape index (κ3) is 1.80. The zero-order valence-corrected chi connectivity index (χ0v) is 13.1. The normalized spacial score (nSPS) is 10.8. The van der Waals surface area contributed by atoms with Gasteiger partial charge in [0.05, 0.1) is 0 Å². The van der Waals surface area contributed by atoms with E-state index in [2.05, 4.69) is 36.4 Å². The molecule has 20 heavy (non-hydrogen) atoms. The molecular weight excluding hydrogens is 259 g/mol. The van der Waals surface area contributed by atoms with E-state index in [1.54, 1.807) is 0 Å². The molecule has 0 atom stereocenters. The number of hydrogen-bond donors (Lipinski definition) is 0. The molecule has 3 heteroatoms. The van der Waals surface area contributed by atoms with Crippen molar-refractivity contribution in [3.63, 3.8) is 0 Å². The van der Waals surface area contributed by atoms with Crippen molar-refractivity contribution in [1.82, 2.24) is 0 Å². The zero-order chi connectivity index (χ0) is 12.8. The smallest absolute Gasteiger partial charge is 1.00 e. The maximum Gasteiger partial charge on any atom is 1.00 e. The van der Waals surface area contributed by atoms with Crippen LogP contribution < -0.4 is 34.3 Å². The van der Waals surface area contributed by atoms with E-state index < -0.39 is 0 Å². The predicted molar refractivity (Wildman–Crippen MR) is 78.0 cm³/mol. The van der Waals surface area contributed by atoms with Crippen LogP contribution in [-0.4, -0.2) is 6.47 Å². The molecule has 0 heterocycles. The summed E-state index contributed by atoms with van der Waals surface area (Å²) in [6.07, 6.45) is 0. The van der Waals surface area contributed by atoms with Gasteiger partial charge in [-0.1, -0.05) is 42.5 Å². The van der Waals surface area contributed by atoms with E-state index in [0.29, 0.717) is 12.2 Å². The number of carbonyl (C=O) groups excluding carboxylic acids is 1. The Hall–Kier alpha value is -1.61. The molecule has 0 saturated carbocycles. The summed E-state index contributed by atoms with van der Waals surface area (Å²) in [6, 6.07) is 18.4. The van der Waals surface area contributed by atoms with Gasteiger partial charge in [0, 0.05) is 10.8 Å². The predicted octanol–water partition coefficient (Wildman–Crippen LogP) is 1.24. The van der Waals surface area contributed by atoms with Crippen molar-refractivity contribution in [3.8, 4) is 5.75 Å². The monoisotopic (exact) mass is 270 g/mol. The first-order chi connectivity index (χ1) is 9.38. The fourth-order valence-corrected chi connectivity index (χ4v) is 2.86. The summed E-state index contributed by atoms with van der Waals surface area (Å²) >= 11 is 0. The number of rotatable bonds is 2. The van der Waals surface area contributed by atoms with Gasteiger partial charge in [0.1, 0.15) is 5.75 Å². The van der Waals surface area contributed by atoms with Crippen molar-refractivity contribution >= 4 is 38.8 Å². The van der Waals surface area contributed by atoms with Crippen LogP contribution in [0.2, 0.25) is 0 Å². The fraction of sp³-hybridized carbons (Fsp3) is 0. The van der Waals surface area contributed by atoms with Gasteiger partial charge in [-0.15, -0.1) is 0 Å². The molecule has 0 radical (unpaired) electrons. The van der Waals surface area contributed by atoms with Crippen LogP contribution in [0.5, 0.6) is 5.75 Å². The van der Waals surface area contributed by atoms with Gasteiger partial charge in [-0.2, -0.15) is 0 Å². The molecule has 0 aromatic heterocycles. The Morgan fingerprint density at radius 3 is 2.10 bits per heavy atom. The molecule has 0 amide bonds. The minimum absolute atomic E-state index is 0. The summed E-state index contributed by atoms with van der Waals surface area (Å²) in [7, 11) is 0. The number of ether oxygens (including phenoxy) is 1. The first-order valence-corrected chi connectivity index (χ1v) is 6.15. The Labute approximate surface area is 139 Å². The summed E-state index contributed by atoms with van der Waals surface area (Å²) < 4.78 is 5.08. The van der Waals surface area contributed by atoms with Crippen LogP contribution in [0.25, 0.3) is 32.3 Å². The summed E-state index contributed by atoms with van der Waals surface area (Å²) in [5, 5.41) is 6.95. The van der Waals surface area contributed by atoms with Gasteiger partial charge in [0.25, 0.3) is 6.47 Å². The van der Waals surface area contributed by atoms with Crippen molar-refractivity contribution < 1.29 is 40.5 Å². The molecule has 2 nitrogen and oxygen atoms in total. The molecule has 4 rings (SSSR count). The average Bonchev–Trinajstić information content (AvgIpc) is 2.46. The van der Waals surface area contributed by atoms with Crippen LogP contribution in [0.1, 0.15) is 1.43 Å².